The predicted molar refractivity (Wildman–Crippen MR) is 62.7 cm³/mol. The summed E-state index contributed by atoms with van der Waals surface area (Å²) >= 11 is 1.86. The van der Waals surface area contributed by atoms with Crippen molar-refractivity contribution >= 4 is 11.8 Å². The molecule has 0 radical (unpaired) electrons. The Balaban J connectivity index is 2.02. The molecular formula is C11H17N3S. The minimum atomic E-state index is 0.489. The molecule has 1 aliphatic rings. The van der Waals surface area contributed by atoms with Gasteiger partial charge in [0.1, 0.15) is 5.03 Å². The van der Waals surface area contributed by atoms with Gasteiger partial charge < -0.3 is 5.73 Å². The van der Waals surface area contributed by atoms with E-state index in [1.165, 1.54) is 32.1 Å². The summed E-state index contributed by atoms with van der Waals surface area (Å²) in [5, 5.41) is 1.76. The fourth-order valence-electron chi connectivity index (χ4n) is 1.93. The van der Waals surface area contributed by atoms with Crippen LogP contribution in [0.1, 0.15) is 37.8 Å². The molecule has 1 aromatic rings. The van der Waals surface area contributed by atoms with Crippen molar-refractivity contribution in [3.8, 4) is 0 Å². The minimum Gasteiger partial charge on any atom is -0.325 e. The third kappa shape index (κ3) is 2.92. The number of rotatable bonds is 3. The van der Waals surface area contributed by atoms with Gasteiger partial charge in [-0.2, -0.15) is 0 Å². The Hall–Kier alpha value is -0.610. The normalized spacial score (nSPS) is 17.9. The molecule has 1 fully saturated rings. The van der Waals surface area contributed by atoms with Crippen molar-refractivity contribution in [3.63, 3.8) is 0 Å². The van der Waals surface area contributed by atoms with Gasteiger partial charge in [-0.3, -0.25) is 4.98 Å². The molecule has 0 aliphatic heterocycles. The van der Waals surface area contributed by atoms with E-state index in [0.717, 1.165) is 16.0 Å². The molecule has 1 aliphatic carbocycles. The third-order valence-electron chi connectivity index (χ3n) is 2.76. The van der Waals surface area contributed by atoms with Crippen LogP contribution < -0.4 is 5.73 Å². The van der Waals surface area contributed by atoms with Gasteiger partial charge in [0.05, 0.1) is 5.69 Å². The van der Waals surface area contributed by atoms with Gasteiger partial charge in [0.15, 0.2) is 0 Å². The second kappa shape index (κ2) is 5.47. The summed E-state index contributed by atoms with van der Waals surface area (Å²) in [6, 6.07) is 0. The fraction of sp³-hybridized carbons (Fsp3) is 0.636. The molecule has 3 nitrogen and oxygen atoms in total. The molecule has 15 heavy (non-hydrogen) atoms. The van der Waals surface area contributed by atoms with Crippen LogP contribution in [0.5, 0.6) is 0 Å². The number of hydrogen-bond donors (Lipinski definition) is 1. The molecule has 0 aromatic carbocycles. The zero-order chi connectivity index (χ0) is 10.5. The number of nitrogens with zero attached hydrogens (tertiary/aromatic N) is 2. The Labute approximate surface area is 94.9 Å². The van der Waals surface area contributed by atoms with Crippen molar-refractivity contribution in [2.75, 3.05) is 0 Å². The van der Waals surface area contributed by atoms with E-state index in [9.17, 15) is 0 Å². The van der Waals surface area contributed by atoms with Crippen LogP contribution in [0, 0.1) is 0 Å². The van der Waals surface area contributed by atoms with Gasteiger partial charge >= 0.3 is 0 Å². The van der Waals surface area contributed by atoms with Gasteiger partial charge in [-0.15, -0.1) is 11.8 Å². The SMILES string of the molecule is NCc1nccnc1SC1CCCCC1. The number of aromatic nitrogens is 2. The summed E-state index contributed by atoms with van der Waals surface area (Å²) in [5.74, 6) is 0. The lowest BCUT2D eigenvalue weighted by molar-refractivity contribution is 0.515. The first-order chi connectivity index (χ1) is 7.40. The van der Waals surface area contributed by atoms with Gasteiger partial charge in [0.2, 0.25) is 0 Å². The van der Waals surface area contributed by atoms with Gasteiger partial charge in [0.25, 0.3) is 0 Å². The van der Waals surface area contributed by atoms with E-state index in [0.29, 0.717) is 6.54 Å². The van der Waals surface area contributed by atoms with Crippen molar-refractivity contribution in [2.45, 2.75) is 48.9 Å². The van der Waals surface area contributed by atoms with E-state index in [4.69, 9.17) is 5.73 Å². The zero-order valence-corrected chi connectivity index (χ0v) is 9.67. The first-order valence-corrected chi connectivity index (χ1v) is 6.44. The monoisotopic (exact) mass is 223 g/mol. The minimum absolute atomic E-state index is 0.489. The van der Waals surface area contributed by atoms with Crippen molar-refractivity contribution in [1.82, 2.24) is 9.97 Å². The Morgan fingerprint density at radius 3 is 2.67 bits per heavy atom. The predicted octanol–water partition coefficient (Wildman–Crippen LogP) is 2.36. The van der Waals surface area contributed by atoms with E-state index in [1.54, 1.807) is 12.4 Å². The smallest absolute Gasteiger partial charge is 0.119 e. The molecule has 1 heterocycles. The van der Waals surface area contributed by atoms with Crippen LogP contribution in [0.4, 0.5) is 0 Å². The first kappa shape index (κ1) is 10.9. The molecule has 1 aromatic heterocycles. The molecule has 4 heteroatoms. The highest BCUT2D eigenvalue weighted by molar-refractivity contribution is 7.99. The van der Waals surface area contributed by atoms with Crippen molar-refractivity contribution < 1.29 is 0 Å². The molecule has 1 saturated carbocycles. The van der Waals surface area contributed by atoms with E-state index < -0.39 is 0 Å². The van der Waals surface area contributed by atoms with Gasteiger partial charge in [-0.25, -0.2) is 4.98 Å². The molecule has 0 atom stereocenters. The second-order valence-electron chi connectivity index (χ2n) is 3.89. The average molecular weight is 223 g/mol. The second-order valence-corrected chi connectivity index (χ2v) is 5.18. The van der Waals surface area contributed by atoms with Gasteiger partial charge in [0, 0.05) is 24.2 Å². The summed E-state index contributed by atoms with van der Waals surface area (Å²) in [4.78, 5) is 8.62. The third-order valence-corrected chi connectivity index (χ3v) is 4.13. The lowest BCUT2D eigenvalue weighted by Crippen LogP contribution is -2.10. The zero-order valence-electron chi connectivity index (χ0n) is 8.85. The van der Waals surface area contributed by atoms with Crippen LogP contribution in [0.15, 0.2) is 17.4 Å². The summed E-state index contributed by atoms with van der Waals surface area (Å²) in [6.45, 7) is 0.489. The lowest BCUT2D eigenvalue weighted by atomic mass is 10.0. The summed E-state index contributed by atoms with van der Waals surface area (Å²) in [5.41, 5.74) is 6.58. The molecule has 2 N–H and O–H groups in total. The van der Waals surface area contributed by atoms with Crippen LogP contribution in [0.3, 0.4) is 0 Å². The summed E-state index contributed by atoms with van der Waals surface area (Å²) < 4.78 is 0. The molecular weight excluding hydrogens is 206 g/mol. The van der Waals surface area contributed by atoms with Crippen LogP contribution in [0.2, 0.25) is 0 Å². The van der Waals surface area contributed by atoms with Gasteiger partial charge in [-0.1, -0.05) is 19.3 Å². The molecule has 0 saturated heterocycles. The first-order valence-electron chi connectivity index (χ1n) is 5.57. The molecule has 82 valence electrons. The maximum Gasteiger partial charge on any atom is 0.119 e. The van der Waals surface area contributed by atoms with E-state index in [1.807, 2.05) is 11.8 Å². The van der Waals surface area contributed by atoms with Crippen molar-refractivity contribution in [2.24, 2.45) is 5.73 Å². The number of hydrogen-bond acceptors (Lipinski definition) is 4. The average Bonchev–Trinajstić information content (AvgIpc) is 2.31. The Morgan fingerprint density at radius 2 is 1.93 bits per heavy atom. The highest BCUT2D eigenvalue weighted by atomic mass is 32.2. The Kier molecular flexibility index (Phi) is 3.97. The lowest BCUT2D eigenvalue weighted by Gasteiger charge is -2.20. The molecule has 2 rings (SSSR count). The van der Waals surface area contributed by atoms with E-state index >= 15 is 0 Å². The standard InChI is InChI=1S/C11H17N3S/c12-8-10-11(14-7-6-13-10)15-9-4-2-1-3-5-9/h6-7,9H,1-5,8,12H2. The Morgan fingerprint density at radius 1 is 1.20 bits per heavy atom. The fourth-order valence-corrected chi connectivity index (χ4v) is 3.21. The largest absolute Gasteiger partial charge is 0.325 e. The van der Waals surface area contributed by atoms with Crippen molar-refractivity contribution in [3.05, 3.63) is 18.1 Å². The quantitative estimate of drug-likeness (QED) is 0.854. The Bertz CT molecular complexity index is 310. The van der Waals surface area contributed by atoms with Crippen LogP contribution in [-0.4, -0.2) is 15.2 Å². The van der Waals surface area contributed by atoms with Crippen LogP contribution in [-0.2, 0) is 6.54 Å². The summed E-state index contributed by atoms with van der Waals surface area (Å²) in [6.07, 6.45) is 10.2. The number of nitrogens with two attached hydrogens (primary N) is 1. The van der Waals surface area contributed by atoms with Crippen molar-refractivity contribution in [1.29, 1.82) is 0 Å². The van der Waals surface area contributed by atoms with E-state index in [2.05, 4.69) is 9.97 Å². The highest BCUT2D eigenvalue weighted by Gasteiger charge is 2.16. The van der Waals surface area contributed by atoms with E-state index in [-0.39, 0.29) is 0 Å². The molecule has 0 bridgehead atoms. The number of thioether (sulfide) groups is 1. The van der Waals surface area contributed by atoms with Gasteiger partial charge in [-0.05, 0) is 12.8 Å². The molecule has 0 unspecified atom stereocenters. The van der Waals surface area contributed by atoms with Crippen LogP contribution in [0.25, 0.3) is 0 Å². The maximum atomic E-state index is 5.64. The topological polar surface area (TPSA) is 51.8 Å². The molecule has 0 amide bonds. The molecule has 0 spiro atoms. The maximum absolute atomic E-state index is 5.64. The summed E-state index contributed by atoms with van der Waals surface area (Å²) in [7, 11) is 0. The highest BCUT2D eigenvalue weighted by Crippen LogP contribution is 2.33. The van der Waals surface area contributed by atoms with Crippen LogP contribution >= 0.6 is 11.8 Å².